The topological polar surface area (TPSA) is 55.8 Å². The highest BCUT2D eigenvalue weighted by Crippen LogP contribution is 2.26. The second-order valence-corrected chi connectivity index (χ2v) is 9.67. The Morgan fingerprint density at radius 3 is 2.67 bits per heavy atom. The number of guanidine groups is 1. The largest absolute Gasteiger partial charge is 0.356 e. The predicted octanol–water partition coefficient (Wildman–Crippen LogP) is 3.87. The van der Waals surface area contributed by atoms with E-state index < -0.39 is 0 Å². The molecule has 2 saturated heterocycles. The average molecular weight is 547 g/mol. The highest BCUT2D eigenvalue weighted by atomic mass is 127. The predicted molar refractivity (Wildman–Crippen MR) is 139 cm³/mol. The fraction of sp³-hybridized carbons (Fsp3) is 0.818. The van der Waals surface area contributed by atoms with Crippen molar-refractivity contribution >= 4 is 46.4 Å². The van der Waals surface area contributed by atoms with E-state index in [1.165, 1.54) is 88.2 Å². The van der Waals surface area contributed by atoms with Crippen molar-refractivity contribution < 1.29 is 0 Å². The highest BCUT2D eigenvalue weighted by Gasteiger charge is 2.27. The van der Waals surface area contributed by atoms with Gasteiger partial charge in [-0.25, -0.2) is 4.98 Å². The summed E-state index contributed by atoms with van der Waals surface area (Å²) in [6.07, 6.45) is 13.1. The first-order valence-corrected chi connectivity index (χ1v) is 12.6. The molecular weight excluding hydrogens is 507 g/mol. The van der Waals surface area contributed by atoms with Crippen molar-refractivity contribution in [3.63, 3.8) is 0 Å². The van der Waals surface area contributed by atoms with Crippen LogP contribution in [-0.4, -0.2) is 67.7 Å². The lowest BCUT2D eigenvalue weighted by molar-refractivity contribution is 0.115. The van der Waals surface area contributed by atoms with Crippen molar-refractivity contribution in [1.29, 1.82) is 0 Å². The Hall–Kier alpha value is -0.610. The van der Waals surface area contributed by atoms with Crippen LogP contribution in [0.25, 0.3) is 0 Å². The van der Waals surface area contributed by atoms with E-state index in [1.54, 1.807) is 11.3 Å². The highest BCUT2D eigenvalue weighted by molar-refractivity contribution is 14.0. The van der Waals surface area contributed by atoms with Gasteiger partial charge in [-0.3, -0.25) is 9.89 Å². The van der Waals surface area contributed by atoms with Gasteiger partial charge in [0.05, 0.1) is 5.69 Å². The normalized spacial score (nSPS) is 24.0. The lowest BCUT2D eigenvalue weighted by Gasteiger charge is -2.40. The number of nitrogens with zero attached hydrogens (tertiary/aromatic N) is 4. The Kier molecular flexibility index (Phi) is 9.96. The van der Waals surface area contributed by atoms with Crippen LogP contribution in [0, 0.1) is 0 Å². The third kappa shape index (κ3) is 6.69. The monoisotopic (exact) mass is 546 g/mol. The van der Waals surface area contributed by atoms with Crippen molar-refractivity contribution in [3.8, 4) is 0 Å². The molecule has 1 unspecified atom stereocenters. The van der Waals surface area contributed by atoms with Crippen molar-refractivity contribution in [3.05, 3.63) is 11.1 Å². The molecule has 1 aromatic heterocycles. The number of thiazole rings is 1. The second-order valence-electron chi connectivity index (χ2n) is 8.83. The molecule has 8 heteroatoms. The maximum absolute atomic E-state index is 4.83. The van der Waals surface area contributed by atoms with E-state index in [1.807, 2.05) is 7.05 Å². The molecule has 1 saturated carbocycles. The molecule has 1 atom stereocenters. The first-order valence-electron chi connectivity index (χ1n) is 11.7. The number of halogens is 1. The molecule has 1 aromatic rings. The van der Waals surface area contributed by atoms with Gasteiger partial charge in [-0.1, -0.05) is 19.3 Å². The van der Waals surface area contributed by atoms with E-state index in [0.29, 0.717) is 6.04 Å². The van der Waals surface area contributed by atoms with Gasteiger partial charge in [0.25, 0.3) is 0 Å². The molecule has 6 nitrogen and oxygen atoms in total. The van der Waals surface area contributed by atoms with Gasteiger partial charge in [0.15, 0.2) is 11.1 Å². The molecule has 170 valence electrons. The zero-order chi connectivity index (χ0) is 19.9. The zero-order valence-electron chi connectivity index (χ0n) is 18.4. The maximum Gasteiger partial charge on any atom is 0.191 e. The lowest BCUT2D eigenvalue weighted by atomic mass is 9.92. The molecule has 0 aromatic carbocycles. The molecule has 0 amide bonds. The molecular formula is C22H39IN6S. The first kappa shape index (κ1) is 24.0. The van der Waals surface area contributed by atoms with Crippen LogP contribution in [0.15, 0.2) is 10.4 Å². The van der Waals surface area contributed by atoms with Gasteiger partial charge < -0.3 is 15.5 Å². The van der Waals surface area contributed by atoms with Gasteiger partial charge in [0.1, 0.15) is 0 Å². The molecule has 3 fully saturated rings. The zero-order valence-corrected chi connectivity index (χ0v) is 21.6. The maximum atomic E-state index is 4.83. The van der Waals surface area contributed by atoms with Crippen LogP contribution in [0.4, 0.5) is 5.13 Å². The van der Waals surface area contributed by atoms with Crippen molar-refractivity contribution in [2.45, 2.75) is 76.3 Å². The van der Waals surface area contributed by atoms with Crippen LogP contribution in [0.5, 0.6) is 0 Å². The summed E-state index contributed by atoms with van der Waals surface area (Å²) < 4.78 is 0. The smallest absolute Gasteiger partial charge is 0.191 e. The molecule has 30 heavy (non-hydrogen) atoms. The minimum absolute atomic E-state index is 0. The van der Waals surface area contributed by atoms with E-state index >= 15 is 0 Å². The van der Waals surface area contributed by atoms with Crippen molar-refractivity contribution in [2.75, 3.05) is 44.7 Å². The fourth-order valence-electron chi connectivity index (χ4n) is 5.06. The first-order chi connectivity index (χ1) is 14.3. The van der Waals surface area contributed by atoms with E-state index in [0.717, 1.165) is 31.5 Å². The van der Waals surface area contributed by atoms with E-state index in [4.69, 9.17) is 4.98 Å². The van der Waals surface area contributed by atoms with Crippen molar-refractivity contribution in [1.82, 2.24) is 20.5 Å². The summed E-state index contributed by atoms with van der Waals surface area (Å²) >= 11 is 1.79. The Morgan fingerprint density at radius 2 is 1.90 bits per heavy atom. The minimum Gasteiger partial charge on any atom is -0.356 e. The van der Waals surface area contributed by atoms with Crippen LogP contribution in [0.2, 0.25) is 0 Å². The molecule has 0 bridgehead atoms. The van der Waals surface area contributed by atoms with E-state index in [-0.39, 0.29) is 24.0 Å². The standard InChI is InChI=1S/C22H38N6S.HI/c1-23-21(24-12-11-19-17-29-22(26-19)27-13-5-6-14-27)25-18-8-7-15-28(16-18)20-9-3-2-4-10-20;/h17-18,20H,2-16H2,1H3,(H2,23,24,25);1H. The summed E-state index contributed by atoms with van der Waals surface area (Å²) in [7, 11) is 1.88. The van der Waals surface area contributed by atoms with Gasteiger partial charge in [0, 0.05) is 57.1 Å². The SMILES string of the molecule is CN=C(NCCc1csc(N2CCCC2)n1)NC1CCCN(C2CCCCC2)C1.I. The molecule has 1 aliphatic carbocycles. The third-order valence-corrected chi connectivity index (χ3v) is 7.65. The third-order valence-electron chi connectivity index (χ3n) is 6.70. The number of aliphatic imine (C=N–C) groups is 1. The number of hydrogen-bond donors (Lipinski definition) is 2. The summed E-state index contributed by atoms with van der Waals surface area (Å²) in [4.78, 5) is 14.5. The summed E-state index contributed by atoms with van der Waals surface area (Å²) in [5.74, 6) is 0.940. The quantitative estimate of drug-likeness (QED) is 0.323. The number of anilines is 1. The summed E-state index contributed by atoms with van der Waals surface area (Å²) in [6.45, 7) is 5.65. The van der Waals surface area contributed by atoms with Crippen molar-refractivity contribution in [2.24, 2.45) is 4.99 Å². The molecule has 2 aliphatic heterocycles. The van der Waals surface area contributed by atoms with Crippen LogP contribution in [0.3, 0.4) is 0 Å². The number of aromatic nitrogens is 1. The van der Waals surface area contributed by atoms with Gasteiger partial charge >= 0.3 is 0 Å². The summed E-state index contributed by atoms with van der Waals surface area (Å²) in [6, 6.07) is 1.33. The lowest BCUT2D eigenvalue weighted by Crippen LogP contribution is -2.53. The van der Waals surface area contributed by atoms with Gasteiger partial charge in [-0.2, -0.15) is 0 Å². The molecule has 3 heterocycles. The van der Waals surface area contributed by atoms with E-state index in [9.17, 15) is 0 Å². The number of nitrogens with one attached hydrogen (secondary N) is 2. The summed E-state index contributed by atoms with van der Waals surface area (Å²) in [5, 5.41) is 10.6. The number of rotatable bonds is 6. The molecule has 4 rings (SSSR count). The van der Waals surface area contributed by atoms with Crippen LogP contribution >= 0.6 is 35.3 Å². The molecule has 2 N–H and O–H groups in total. The molecule has 0 radical (unpaired) electrons. The Morgan fingerprint density at radius 1 is 1.10 bits per heavy atom. The number of likely N-dealkylation sites (tertiary alicyclic amines) is 1. The number of piperidine rings is 1. The Bertz CT molecular complexity index is 654. The molecule has 3 aliphatic rings. The van der Waals surface area contributed by atoms with Crippen LogP contribution in [0.1, 0.15) is 63.5 Å². The van der Waals surface area contributed by atoms with Gasteiger partial charge in [-0.15, -0.1) is 35.3 Å². The fourth-order valence-corrected chi connectivity index (χ4v) is 5.98. The van der Waals surface area contributed by atoms with E-state index in [2.05, 4.69) is 30.8 Å². The van der Waals surface area contributed by atoms with Gasteiger partial charge in [0.2, 0.25) is 0 Å². The number of hydrogen-bond acceptors (Lipinski definition) is 5. The second kappa shape index (κ2) is 12.4. The Balaban J connectivity index is 0.00000256. The van der Waals surface area contributed by atoms with Gasteiger partial charge in [-0.05, 0) is 45.1 Å². The van der Waals surface area contributed by atoms with Crippen LogP contribution < -0.4 is 15.5 Å². The average Bonchev–Trinajstić information content (AvgIpc) is 3.46. The molecule has 0 spiro atoms. The minimum atomic E-state index is 0. The van der Waals surface area contributed by atoms with Crippen LogP contribution in [-0.2, 0) is 6.42 Å². The summed E-state index contributed by atoms with van der Waals surface area (Å²) in [5.41, 5.74) is 1.20. The Labute approximate surface area is 203 Å².